The number of likely N-dealkylation sites (tertiary alicyclic amines) is 1. The molecule has 0 aromatic heterocycles. The summed E-state index contributed by atoms with van der Waals surface area (Å²) in [5.41, 5.74) is -0.662. The van der Waals surface area contributed by atoms with Crippen molar-refractivity contribution >= 4 is 12.1 Å². The molecule has 1 spiro atoms. The van der Waals surface area contributed by atoms with Gasteiger partial charge in [0.05, 0.1) is 25.2 Å². The largest absolute Gasteiger partial charge is 0.469 e. The van der Waals surface area contributed by atoms with Gasteiger partial charge in [-0.25, -0.2) is 4.79 Å². The summed E-state index contributed by atoms with van der Waals surface area (Å²) >= 11 is 0. The van der Waals surface area contributed by atoms with Gasteiger partial charge in [-0.3, -0.25) is 4.79 Å². The zero-order chi connectivity index (χ0) is 16.4. The van der Waals surface area contributed by atoms with Gasteiger partial charge in [0.25, 0.3) is 0 Å². The lowest BCUT2D eigenvalue weighted by Crippen LogP contribution is -2.51. The molecule has 2 aliphatic heterocycles. The highest BCUT2D eigenvalue weighted by Crippen LogP contribution is 2.37. The van der Waals surface area contributed by atoms with Crippen LogP contribution in [0.15, 0.2) is 0 Å². The average Bonchev–Trinajstić information content (AvgIpc) is 2.46. The number of piperidine rings is 1. The van der Waals surface area contributed by atoms with E-state index in [1.54, 1.807) is 4.90 Å². The monoisotopic (exact) mass is 313 g/mol. The summed E-state index contributed by atoms with van der Waals surface area (Å²) < 4.78 is 16.2. The average molecular weight is 313 g/mol. The topological polar surface area (TPSA) is 65.1 Å². The summed E-state index contributed by atoms with van der Waals surface area (Å²) in [6.07, 6.45) is 2.96. The van der Waals surface area contributed by atoms with Crippen LogP contribution in [-0.2, 0) is 19.0 Å². The van der Waals surface area contributed by atoms with Crippen molar-refractivity contribution in [3.05, 3.63) is 0 Å². The summed E-state index contributed by atoms with van der Waals surface area (Å²) in [7, 11) is 1.41. The molecular weight excluding hydrogens is 286 g/mol. The predicted octanol–water partition coefficient (Wildman–Crippen LogP) is 2.36. The standard InChI is InChI=1S/C16H27NO5/c1-15(2,3)22-14(19)17-9-7-16(8-10-17)6-5-12(11-21-16)13(18)20-4/h12H,5-11H2,1-4H3/t12-/m0/s1. The minimum Gasteiger partial charge on any atom is -0.469 e. The fraction of sp³-hybridized carbons (Fsp3) is 0.875. The quantitative estimate of drug-likeness (QED) is 0.695. The van der Waals surface area contributed by atoms with E-state index in [-0.39, 0.29) is 23.6 Å². The first-order valence-corrected chi connectivity index (χ1v) is 7.94. The lowest BCUT2D eigenvalue weighted by molar-refractivity contribution is -0.164. The molecule has 2 rings (SSSR count). The van der Waals surface area contributed by atoms with Crippen LogP contribution in [0.1, 0.15) is 46.5 Å². The molecule has 1 amide bonds. The van der Waals surface area contributed by atoms with E-state index in [0.717, 1.165) is 25.7 Å². The van der Waals surface area contributed by atoms with Gasteiger partial charge in [-0.15, -0.1) is 0 Å². The van der Waals surface area contributed by atoms with E-state index in [4.69, 9.17) is 14.2 Å². The van der Waals surface area contributed by atoms with Crippen LogP contribution in [-0.4, -0.2) is 55.0 Å². The molecule has 2 saturated heterocycles. The van der Waals surface area contributed by atoms with Gasteiger partial charge in [0, 0.05) is 13.1 Å². The van der Waals surface area contributed by atoms with Crippen molar-refractivity contribution in [3.63, 3.8) is 0 Å². The Bertz CT molecular complexity index is 411. The number of rotatable bonds is 1. The number of carbonyl (C=O) groups excluding carboxylic acids is 2. The van der Waals surface area contributed by atoms with Crippen LogP contribution < -0.4 is 0 Å². The molecule has 22 heavy (non-hydrogen) atoms. The third kappa shape index (κ3) is 4.12. The maximum atomic E-state index is 12.1. The van der Waals surface area contributed by atoms with Crippen molar-refractivity contribution < 1.29 is 23.8 Å². The van der Waals surface area contributed by atoms with E-state index in [1.807, 2.05) is 20.8 Å². The zero-order valence-corrected chi connectivity index (χ0v) is 14.0. The summed E-state index contributed by atoms with van der Waals surface area (Å²) in [5, 5.41) is 0. The van der Waals surface area contributed by atoms with Crippen LogP contribution in [0.5, 0.6) is 0 Å². The second-order valence-electron chi connectivity index (χ2n) is 7.22. The first-order chi connectivity index (χ1) is 10.2. The zero-order valence-electron chi connectivity index (χ0n) is 14.0. The molecule has 0 aliphatic carbocycles. The highest BCUT2D eigenvalue weighted by atomic mass is 16.6. The summed E-state index contributed by atoms with van der Waals surface area (Å²) in [6, 6.07) is 0. The lowest BCUT2D eigenvalue weighted by atomic mass is 9.82. The Labute approximate surface area is 132 Å². The Hall–Kier alpha value is -1.30. The molecule has 0 aromatic rings. The predicted molar refractivity (Wildman–Crippen MR) is 80.5 cm³/mol. The van der Waals surface area contributed by atoms with Crippen molar-refractivity contribution in [1.82, 2.24) is 4.90 Å². The minimum atomic E-state index is -0.471. The van der Waals surface area contributed by atoms with Crippen LogP contribution in [0.2, 0.25) is 0 Å². The highest BCUT2D eigenvalue weighted by Gasteiger charge is 2.42. The molecule has 0 bridgehead atoms. The first-order valence-electron chi connectivity index (χ1n) is 7.94. The van der Waals surface area contributed by atoms with Gasteiger partial charge >= 0.3 is 12.1 Å². The van der Waals surface area contributed by atoms with E-state index in [1.165, 1.54) is 7.11 Å². The number of hydrogen-bond donors (Lipinski definition) is 0. The van der Waals surface area contributed by atoms with E-state index in [9.17, 15) is 9.59 Å². The molecule has 126 valence electrons. The number of amides is 1. The van der Waals surface area contributed by atoms with Crippen LogP contribution in [0.4, 0.5) is 4.79 Å². The van der Waals surface area contributed by atoms with Crippen molar-refractivity contribution in [3.8, 4) is 0 Å². The maximum absolute atomic E-state index is 12.1. The van der Waals surface area contributed by atoms with E-state index in [0.29, 0.717) is 19.7 Å². The number of carbonyl (C=O) groups is 2. The molecule has 0 radical (unpaired) electrons. The Kier molecular flexibility index (Phi) is 5.00. The third-order valence-corrected chi connectivity index (χ3v) is 4.40. The van der Waals surface area contributed by atoms with Crippen molar-refractivity contribution in [2.45, 2.75) is 57.7 Å². The Morgan fingerprint density at radius 1 is 1.18 bits per heavy atom. The van der Waals surface area contributed by atoms with Gasteiger partial charge in [-0.05, 0) is 46.5 Å². The van der Waals surface area contributed by atoms with Gasteiger partial charge < -0.3 is 19.1 Å². The molecule has 6 heteroatoms. The number of esters is 1. The Morgan fingerprint density at radius 3 is 2.27 bits per heavy atom. The molecule has 2 fully saturated rings. The normalized spacial score (nSPS) is 24.9. The van der Waals surface area contributed by atoms with Crippen molar-refractivity contribution in [2.24, 2.45) is 5.92 Å². The van der Waals surface area contributed by atoms with Crippen LogP contribution >= 0.6 is 0 Å². The Morgan fingerprint density at radius 2 is 1.82 bits per heavy atom. The summed E-state index contributed by atoms with van der Waals surface area (Å²) in [6.45, 7) is 7.29. The lowest BCUT2D eigenvalue weighted by Gasteiger charge is -2.45. The van der Waals surface area contributed by atoms with E-state index < -0.39 is 5.60 Å². The van der Waals surface area contributed by atoms with Crippen molar-refractivity contribution in [1.29, 1.82) is 0 Å². The van der Waals surface area contributed by atoms with E-state index in [2.05, 4.69) is 0 Å². The maximum Gasteiger partial charge on any atom is 0.410 e. The van der Waals surface area contributed by atoms with Crippen LogP contribution in [0, 0.1) is 5.92 Å². The summed E-state index contributed by atoms with van der Waals surface area (Å²) in [4.78, 5) is 25.3. The van der Waals surface area contributed by atoms with Gasteiger partial charge in [-0.1, -0.05) is 0 Å². The third-order valence-electron chi connectivity index (χ3n) is 4.40. The van der Waals surface area contributed by atoms with E-state index >= 15 is 0 Å². The second kappa shape index (κ2) is 6.44. The molecule has 6 nitrogen and oxygen atoms in total. The smallest absolute Gasteiger partial charge is 0.410 e. The van der Waals surface area contributed by atoms with Gasteiger partial charge in [0.2, 0.25) is 0 Å². The van der Waals surface area contributed by atoms with Crippen LogP contribution in [0.3, 0.4) is 0 Å². The van der Waals surface area contributed by atoms with Gasteiger partial charge in [0.15, 0.2) is 0 Å². The van der Waals surface area contributed by atoms with Gasteiger partial charge in [-0.2, -0.15) is 0 Å². The molecular formula is C16H27NO5. The number of ether oxygens (including phenoxy) is 3. The SMILES string of the molecule is COC(=O)[C@H]1CCC2(CCN(C(=O)OC(C)(C)C)CC2)OC1. The number of nitrogens with zero attached hydrogens (tertiary/aromatic N) is 1. The fourth-order valence-corrected chi connectivity index (χ4v) is 3.04. The second-order valence-corrected chi connectivity index (χ2v) is 7.22. The molecule has 0 saturated carbocycles. The van der Waals surface area contributed by atoms with Crippen LogP contribution in [0.25, 0.3) is 0 Å². The highest BCUT2D eigenvalue weighted by molar-refractivity contribution is 5.72. The van der Waals surface area contributed by atoms with Gasteiger partial charge in [0.1, 0.15) is 5.60 Å². The molecule has 2 aliphatic rings. The number of methoxy groups -OCH3 is 1. The molecule has 2 heterocycles. The minimum absolute atomic E-state index is 0.153. The fourth-order valence-electron chi connectivity index (χ4n) is 3.04. The first kappa shape index (κ1) is 17.1. The van der Waals surface area contributed by atoms with Crippen molar-refractivity contribution in [2.75, 3.05) is 26.8 Å². The number of hydrogen-bond acceptors (Lipinski definition) is 5. The molecule has 0 aromatic carbocycles. The Balaban J connectivity index is 1.83. The molecule has 1 atom stereocenters. The summed E-state index contributed by atoms with van der Waals surface area (Å²) in [5.74, 6) is -0.347. The molecule has 0 unspecified atom stereocenters. The molecule has 0 N–H and O–H groups in total.